The van der Waals surface area contributed by atoms with Crippen molar-refractivity contribution < 1.29 is 4.74 Å². The smallest absolute Gasteiger partial charge is 0.191 e. The highest BCUT2D eigenvalue weighted by Crippen LogP contribution is 2.17. The van der Waals surface area contributed by atoms with Gasteiger partial charge in [-0.2, -0.15) is 0 Å². The second-order valence-corrected chi connectivity index (χ2v) is 6.49. The molecule has 0 bridgehead atoms. The summed E-state index contributed by atoms with van der Waals surface area (Å²) in [6.45, 7) is 7.72. The van der Waals surface area contributed by atoms with Crippen LogP contribution < -0.4 is 15.4 Å². The third kappa shape index (κ3) is 7.74. The first-order valence-corrected chi connectivity index (χ1v) is 9.28. The minimum absolute atomic E-state index is 0. The molecule has 0 radical (unpaired) electrons. The zero-order chi connectivity index (χ0) is 17.9. The zero-order valence-electron chi connectivity index (χ0n) is 15.3. The molecule has 0 spiro atoms. The Kier molecular flexibility index (Phi) is 11.0. The molecule has 26 heavy (non-hydrogen) atoms. The van der Waals surface area contributed by atoms with Crippen molar-refractivity contribution in [3.8, 4) is 5.75 Å². The summed E-state index contributed by atoms with van der Waals surface area (Å²) in [6.07, 6.45) is 3.75. The van der Waals surface area contributed by atoms with Crippen LogP contribution in [0, 0.1) is 6.92 Å². The van der Waals surface area contributed by atoms with Crippen LogP contribution >= 0.6 is 35.3 Å². The lowest BCUT2D eigenvalue weighted by Crippen LogP contribution is -2.37. The molecule has 142 valence electrons. The fourth-order valence-electron chi connectivity index (χ4n) is 2.30. The van der Waals surface area contributed by atoms with Crippen molar-refractivity contribution in [1.82, 2.24) is 15.6 Å². The van der Waals surface area contributed by atoms with Crippen LogP contribution in [0.1, 0.15) is 22.7 Å². The van der Waals surface area contributed by atoms with Crippen LogP contribution in [0.25, 0.3) is 0 Å². The standard InChI is InChI=1S/C19H26N4OS.HI/c1-4-12-24-17-9-6-5-8-16(17)13-22-19(20-3)21-11-7-10-18-23-15(2)14-25-18;/h4-6,8-9,14H,1,7,10-13H2,2-3H3,(H2,20,21,22);1H. The van der Waals surface area contributed by atoms with Crippen molar-refractivity contribution in [1.29, 1.82) is 0 Å². The van der Waals surface area contributed by atoms with Crippen LogP contribution in [0.15, 0.2) is 47.3 Å². The van der Waals surface area contributed by atoms with Gasteiger partial charge in [0.1, 0.15) is 12.4 Å². The van der Waals surface area contributed by atoms with Crippen molar-refractivity contribution >= 4 is 41.3 Å². The number of guanidine groups is 1. The maximum absolute atomic E-state index is 5.68. The minimum atomic E-state index is 0. The summed E-state index contributed by atoms with van der Waals surface area (Å²) in [4.78, 5) is 8.75. The van der Waals surface area contributed by atoms with E-state index in [9.17, 15) is 0 Å². The predicted molar refractivity (Wildman–Crippen MR) is 121 cm³/mol. The molecule has 1 heterocycles. The first-order chi connectivity index (χ1) is 12.2. The van der Waals surface area contributed by atoms with Crippen LogP contribution in [0.4, 0.5) is 0 Å². The average molecular weight is 486 g/mol. The number of nitrogens with zero attached hydrogens (tertiary/aromatic N) is 2. The Morgan fingerprint density at radius 3 is 2.85 bits per heavy atom. The molecule has 0 unspecified atom stereocenters. The van der Waals surface area contributed by atoms with Gasteiger partial charge in [0.25, 0.3) is 0 Å². The molecule has 1 aromatic heterocycles. The first kappa shape index (κ1) is 22.4. The molecule has 1 aromatic carbocycles. The molecular formula is C19H27IN4OS. The van der Waals surface area contributed by atoms with E-state index < -0.39 is 0 Å². The van der Waals surface area contributed by atoms with Gasteiger partial charge in [0.15, 0.2) is 5.96 Å². The molecule has 0 aliphatic carbocycles. The van der Waals surface area contributed by atoms with Crippen LogP contribution in [0.5, 0.6) is 5.75 Å². The lowest BCUT2D eigenvalue weighted by Gasteiger charge is -2.14. The van der Waals surface area contributed by atoms with Gasteiger partial charge in [-0.3, -0.25) is 4.99 Å². The van der Waals surface area contributed by atoms with E-state index in [1.807, 2.05) is 31.2 Å². The Hall–Kier alpha value is -1.61. The van der Waals surface area contributed by atoms with Gasteiger partial charge >= 0.3 is 0 Å². The monoisotopic (exact) mass is 486 g/mol. The van der Waals surface area contributed by atoms with Crippen molar-refractivity contribution in [3.63, 3.8) is 0 Å². The number of hydrogen-bond acceptors (Lipinski definition) is 4. The number of benzene rings is 1. The van der Waals surface area contributed by atoms with E-state index in [1.165, 1.54) is 5.01 Å². The van der Waals surface area contributed by atoms with Crippen LogP contribution in [-0.2, 0) is 13.0 Å². The van der Waals surface area contributed by atoms with E-state index in [4.69, 9.17) is 4.74 Å². The fraction of sp³-hybridized carbons (Fsp3) is 0.368. The van der Waals surface area contributed by atoms with Gasteiger partial charge in [-0.25, -0.2) is 4.98 Å². The summed E-state index contributed by atoms with van der Waals surface area (Å²) in [7, 11) is 1.78. The Bertz CT molecular complexity index is 702. The third-order valence-electron chi connectivity index (χ3n) is 3.53. The minimum Gasteiger partial charge on any atom is -0.489 e. The molecule has 2 N–H and O–H groups in total. The molecule has 0 fully saturated rings. The summed E-state index contributed by atoms with van der Waals surface area (Å²) in [6, 6.07) is 7.98. The van der Waals surface area contributed by atoms with Gasteiger partial charge in [-0.1, -0.05) is 30.9 Å². The lowest BCUT2D eigenvalue weighted by atomic mass is 10.2. The van der Waals surface area contributed by atoms with Gasteiger partial charge in [-0.15, -0.1) is 35.3 Å². The number of ether oxygens (including phenoxy) is 1. The van der Waals surface area contributed by atoms with E-state index >= 15 is 0 Å². The Morgan fingerprint density at radius 2 is 2.15 bits per heavy atom. The number of nitrogens with one attached hydrogen (secondary N) is 2. The molecule has 2 aromatic rings. The highest BCUT2D eigenvalue weighted by molar-refractivity contribution is 14.0. The van der Waals surface area contributed by atoms with E-state index in [1.54, 1.807) is 24.5 Å². The highest BCUT2D eigenvalue weighted by atomic mass is 127. The van der Waals surface area contributed by atoms with Crippen LogP contribution in [0.2, 0.25) is 0 Å². The second kappa shape index (κ2) is 12.7. The first-order valence-electron chi connectivity index (χ1n) is 8.40. The quantitative estimate of drug-likeness (QED) is 0.186. The molecule has 0 aliphatic heterocycles. The highest BCUT2D eigenvalue weighted by Gasteiger charge is 2.04. The second-order valence-electron chi connectivity index (χ2n) is 5.55. The number of aliphatic imine (C=N–C) groups is 1. The van der Waals surface area contributed by atoms with E-state index in [-0.39, 0.29) is 24.0 Å². The zero-order valence-corrected chi connectivity index (χ0v) is 18.5. The van der Waals surface area contributed by atoms with Crippen molar-refractivity contribution in [2.24, 2.45) is 4.99 Å². The maximum Gasteiger partial charge on any atom is 0.191 e. The molecule has 0 aliphatic rings. The topological polar surface area (TPSA) is 58.5 Å². The Labute approximate surface area is 177 Å². The normalized spacial score (nSPS) is 10.8. The van der Waals surface area contributed by atoms with E-state index in [0.717, 1.165) is 42.4 Å². The number of para-hydroxylation sites is 1. The molecule has 0 atom stereocenters. The number of hydrogen-bond donors (Lipinski definition) is 2. The summed E-state index contributed by atoms with van der Waals surface area (Å²) in [5.74, 6) is 1.65. The van der Waals surface area contributed by atoms with Gasteiger partial charge in [0.05, 0.1) is 5.01 Å². The Balaban J connectivity index is 0.00000338. The molecule has 0 amide bonds. The van der Waals surface area contributed by atoms with E-state index in [0.29, 0.717) is 13.2 Å². The summed E-state index contributed by atoms with van der Waals surface area (Å²) >= 11 is 1.72. The number of halogens is 1. The van der Waals surface area contributed by atoms with Gasteiger partial charge in [-0.05, 0) is 19.4 Å². The van der Waals surface area contributed by atoms with Crippen molar-refractivity contribution in [3.05, 3.63) is 58.6 Å². The van der Waals surface area contributed by atoms with Crippen LogP contribution in [-0.4, -0.2) is 31.1 Å². The molecule has 5 nitrogen and oxygen atoms in total. The van der Waals surface area contributed by atoms with Gasteiger partial charge in [0.2, 0.25) is 0 Å². The largest absolute Gasteiger partial charge is 0.489 e. The van der Waals surface area contributed by atoms with Crippen LogP contribution in [0.3, 0.4) is 0 Å². The number of rotatable bonds is 9. The molecule has 7 heteroatoms. The van der Waals surface area contributed by atoms with E-state index in [2.05, 4.69) is 32.6 Å². The van der Waals surface area contributed by atoms with Crippen molar-refractivity contribution in [2.75, 3.05) is 20.2 Å². The SMILES string of the molecule is C=CCOc1ccccc1CNC(=NC)NCCCc1nc(C)cs1.I. The molecule has 0 saturated carbocycles. The average Bonchev–Trinajstić information content (AvgIpc) is 3.05. The predicted octanol–water partition coefficient (Wildman–Crippen LogP) is 3.93. The number of aryl methyl sites for hydroxylation is 2. The molecular weight excluding hydrogens is 459 g/mol. The molecule has 2 rings (SSSR count). The van der Waals surface area contributed by atoms with Gasteiger partial charge < -0.3 is 15.4 Å². The third-order valence-corrected chi connectivity index (χ3v) is 4.55. The maximum atomic E-state index is 5.68. The van der Waals surface area contributed by atoms with Crippen molar-refractivity contribution in [2.45, 2.75) is 26.3 Å². The Morgan fingerprint density at radius 1 is 1.35 bits per heavy atom. The van der Waals surface area contributed by atoms with Gasteiger partial charge in [0, 0.05) is 43.2 Å². The summed E-state index contributed by atoms with van der Waals surface area (Å²) < 4.78 is 5.68. The summed E-state index contributed by atoms with van der Waals surface area (Å²) in [5, 5.41) is 9.95. The number of aromatic nitrogens is 1. The summed E-state index contributed by atoms with van der Waals surface area (Å²) in [5.41, 5.74) is 2.19. The lowest BCUT2D eigenvalue weighted by molar-refractivity contribution is 0.358. The fourth-order valence-corrected chi connectivity index (χ4v) is 3.12. The molecule has 0 saturated heterocycles. The number of thiazole rings is 1.